The molecule has 1 atom stereocenters. The van der Waals surface area contributed by atoms with Crippen molar-refractivity contribution in [2.75, 3.05) is 13.1 Å². The number of amides is 2. The smallest absolute Gasteiger partial charge is 0.225 e. The van der Waals surface area contributed by atoms with Gasteiger partial charge in [-0.2, -0.15) is 0 Å². The molecule has 0 saturated carbocycles. The largest absolute Gasteiger partial charge is 0.349 e. The zero-order valence-corrected chi connectivity index (χ0v) is 19.8. The van der Waals surface area contributed by atoms with Crippen LogP contribution in [0, 0.1) is 11.8 Å². The number of hydrogen-bond acceptors (Lipinski definition) is 4. The van der Waals surface area contributed by atoms with E-state index >= 15 is 0 Å². The summed E-state index contributed by atoms with van der Waals surface area (Å²) in [5, 5.41) is 3.25. The van der Waals surface area contributed by atoms with E-state index in [1.807, 2.05) is 11.1 Å². The zero-order valence-electron chi connectivity index (χ0n) is 19.8. The minimum Gasteiger partial charge on any atom is -0.349 e. The van der Waals surface area contributed by atoms with Crippen molar-refractivity contribution in [1.82, 2.24) is 20.2 Å². The van der Waals surface area contributed by atoms with E-state index in [1.54, 1.807) is 0 Å². The first-order chi connectivity index (χ1) is 15.0. The van der Waals surface area contributed by atoms with E-state index in [2.05, 4.69) is 33.0 Å². The lowest BCUT2D eigenvalue weighted by molar-refractivity contribution is -0.136. The third-order valence-corrected chi connectivity index (χ3v) is 7.38. The maximum Gasteiger partial charge on any atom is 0.225 e. The van der Waals surface area contributed by atoms with Gasteiger partial charge in [0.25, 0.3) is 0 Å². The normalized spacial score (nSPS) is 19.5. The molecule has 0 bridgehead atoms. The number of aromatic nitrogens is 2. The molecule has 1 aromatic rings. The number of nitrogens with one attached hydrogen (secondary N) is 1. The molecule has 0 spiro atoms. The number of likely N-dealkylation sites (tertiary alicyclic amines) is 1. The quantitative estimate of drug-likeness (QED) is 0.659. The van der Waals surface area contributed by atoms with Crippen molar-refractivity contribution < 1.29 is 9.59 Å². The van der Waals surface area contributed by atoms with Crippen LogP contribution in [-0.4, -0.2) is 39.8 Å². The molecule has 1 aliphatic carbocycles. The molecule has 172 valence electrons. The Morgan fingerprint density at radius 2 is 1.68 bits per heavy atom. The molecule has 0 aromatic carbocycles. The van der Waals surface area contributed by atoms with E-state index in [9.17, 15) is 9.59 Å². The molecular formula is C25H40N4O2. The van der Waals surface area contributed by atoms with E-state index in [0.29, 0.717) is 11.8 Å². The number of hydrogen-bond donors (Lipinski definition) is 1. The van der Waals surface area contributed by atoms with E-state index in [1.165, 1.54) is 0 Å². The Bertz CT molecular complexity index is 750. The molecule has 1 saturated heterocycles. The minimum absolute atomic E-state index is 0.0328. The first-order valence-electron chi connectivity index (χ1n) is 12.5. The van der Waals surface area contributed by atoms with Gasteiger partial charge in [0.2, 0.25) is 11.8 Å². The van der Waals surface area contributed by atoms with E-state index in [-0.39, 0.29) is 23.8 Å². The van der Waals surface area contributed by atoms with Crippen LogP contribution in [0.25, 0.3) is 0 Å². The second-order valence-corrected chi connectivity index (χ2v) is 9.21. The van der Waals surface area contributed by atoms with Crippen LogP contribution in [0.2, 0.25) is 0 Å². The van der Waals surface area contributed by atoms with Gasteiger partial charge in [0.1, 0.15) is 5.82 Å². The van der Waals surface area contributed by atoms with Crippen molar-refractivity contribution in [1.29, 1.82) is 0 Å². The van der Waals surface area contributed by atoms with Gasteiger partial charge in [0.15, 0.2) is 0 Å². The van der Waals surface area contributed by atoms with Gasteiger partial charge in [0.05, 0.1) is 6.04 Å². The zero-order chi connectivity index (χ0) is 22.4. The van der Waals surface area contributed by atoms with Crippen LogP contribution in [-0.2, 0) is 16.0 Å². The fourth-order valence-corrected chi connectivity index (χ4v) is 5.11. The molecule has 2 heterocycles. The van der Waals surface area contributed by atoms with Crippen molar-refractivity contribution in [2.45, 2.75) is 97.4 Å². The lowest BCUT2D eigenvalue weighted by Gasteiger charge is -2.34. The third kappa shape index (κ3) is 5.45. The summed E-state index contributed by atoms with van der Waals surface area (Å²) >= 11 is 0. The molecule has 6 nitrogen and oxygen atoms in total. The number of piperidine rings is 1. The van der Waals surface area contributed by atoms with Gasteiger partial charge in [-0.3, -0.25) is 9.59 Å². The maximum absolute atomic E-state index is 12.7. The average Bonchev–Trinajstić information content (AvgIpc) is 2.80. The molecule has 0 unspecified atom stereocenters. The first kappa shape index (κ1) is 23.7. The lowest BCUT2D eigenvalue weighted by atomic mass is 9.90. The van der Waals surface area contributed by atoms with Gasteiger partial charge >= 0.3 is 0 Å². The Labute approximate surface area is 187 Å². The second kappa shape index (κ2) is 11.1. The summed E-state index contributed by atoms with van der Waals surface area (Å²) < 4.78 is 0. The number of fused-ring (bicyclic) bond motifs is 1. The van der Waals surface area contributed by atoms with Crippen LogP contribution >= 0.6 is 0 Å². The number of carbonyl (C=O) groups excluding carboxylic acids is 2. The molecule has 6 heteroatoms. The predicted molar refractivity (Wildman–Crippen MR) is 123 cm³/mol. The molecule has 3 rings (SSSR count). The van der Waals surface area contributed by atoms with Crippen molar-refractivity contribution in [3.05, 3.63) is 23.3 Å². The van der Waals surface area contributed by atoms with E-state index in [0.717, 1.165) is 88.0 Å². The van der Waals surface area contributed by atoms with Crippen molar-refractivity contribution in [3.63, 3.8) is 0 Å². The summed E-state index contributed by atoms with van der Waals surface area (Å²) in [5.41, 5.74) is 2.19. The fraction of sp³-hybridized carbons (Fsp3) is 0.760. The summed E-state index contributed by atoms with van der Waals surface area (Å²) in [4.78, 5) is 37.0. The lowest BCUT2D eigenvalue weighted by Crippen LogP contribution is -2.41. The minimum atomic E-state index is 0.0328. The van der Waals surface area contributed by atoms with Crippen LogP contribution in [0.3, 0.4) is 0 Å². The monoisotopic (exact) mass is 428 g/mol. The number of nitrogens with zero attached hydrogens (tertiary/aromatic N) is 3. The predicted octanol–water partition coefficient (Wildman–Crippen LogP) is 4.55. The SMILES string of the molecule is CCC(CC)C(=O)N[C@@H]1CCCc2nc(C3CCN(C(=O)C(CC)CC)CC3)ncc21. The van der Waals surface area contributed by atoms with Gasteiger partial charge in [-0.15, -0.1) is 0 Å². The molecule has 2 amide bonds. The standard InChI is InChI=1S/C25H40N4O2/c1-5-17(6-2)24(30)28-22-11-9-10-21-20(22)16-26-23(27-21)19-12-14-29(15-13-19)25(31)18(7-3)8-4/h16-19,22H,5-15H2,1-4H3,(H,28,30)/t22-/m1/s1. The molecule has 1 N–H and O–H groups in total. The number of carbonyl (C=O) groups is 2. The Morgan fingerprint density at radius 3 is 2.29 bits per heavy atom. The summed E-state index contributed by atoms with van der Waals surface area (Å²) in [6.07, 6.45) is 10.3. The van der Waals surface area contributed by atoms with Gasteiger partial charge in [0, 0.05) is 48.3 Å². The van der Waals surface area contributed by atoms with Crippen LogP contribution in [0.4, 0.5) is 0 Å². The highest BCUT2D eigenvalue weighted by molar-refractivity contribution is 5.79. The first-order valence-corrected chi connectivity index (χ1v) is 12.5. The average molecular weight is 429 g/mol. The molecular weight excluding hydrogens is 388 g/mol. The third-order valence-electron chi connectivity index (χ3n) is 7.38. The molecule has 31 heavy (non-hydrogen) atoms. The van der Waals surface area contributed by atoms with E-state index in [4.69, 9.17) is 9.97 Å². The van der Waals surface area contributed by atoms with Crippen molar-refractivity contribution in [2.24, 2.45) is 11.8 Å². The molecule has 1 aromatic heterocycles. The summed E-state index contributed by atoms with van der Waals surface area (Å²) in [5.74, 6) is 1.94. The van der Waals surface area contributed by atoms with Crippen molar-refractivity contribution >= 4 is 11.8 Å². The summed E-state index contributed by atoms with van der Waals surface area (Å²) in [7, 11) is 0. The Morgan fingerprint density at radius 1 is 1.03 bits per heavy atom. The van der Waals surface area contributed by atoms with Gasteiger partial charge in [-0.25, -0.2) is 9.97 Å². The number of aryl methyl sites for hydroxylation is 1. The van der Waals surface area contributed by atoms with Crippen molar-refractivity contribution in [3.8, 4) is 0 Å². The molecule has 0 radical (unpaired) electrons. The maximum atomic E-state index is 12.7. The molecule has 1 aliphatic heterocycles. The van der Waals surface area contributed by atoms with Crippen LogP contribution in [0.5, 0.6) is 0 Å². The highest BCUT2D eigenvalue weighted by Gasteiger charge is 2.30. The Balaban J connectivity index is 1.64. The van der Waals surface area contributed by atoms with Gasteiger partial charge < -0.3 is 10.2 Å². The molecule has 1 fully saturated rings. The van der Waals surface area contributed by atoms with Crippen LogP contribution in [0.1, 0.15) is 108 Å². The number of rotatable bonds is 8. The Kier molecular flexibility index (Phi) is 8.44. The fourth-order valence-electron chi connectivity index (χ4n) is 5.11. The Hall–Kier alpha value is -1.98. The van der Waals surface area contributed by atoms with Crippen LogP contribution in [0.15, 0.2) is 6.20 Å². The second-order valence-electron chi connectivity index (χ2n) is 9.21. The van der Waals surface area contributed by atoms with Crippen LogP contribution < -0.4 is 5.32 Å². The summed E-state index contributed by atoms with van der Waals surface area (Å²) in [6, 6.07) is 0.0328. The highest BCUT2D eigenvalue weighted by Crippen LogP contribution is 2.32. The summed E-state index contributed by atoms with van der Waals surface area (Å²) in [6.45, 7) is 9.94. The van der Waals surface area contributed by atoms with E-state index < -0.39 is 0 Å². The topological polar surface area (TPSA) is 75.2 Å². The molecule has 2 aliphatic rings. The van der Waals surface area contributed by atoms with Gasteiger partial charge in [-0.05, 0) is 57.8 Å². The van der Waals surface area contributed by atoms with Gasteiger partial charge in [-0.1, -0.05) is 27.7 Å². The highest BCUT2D eigenvalue weighted by atomic mass is 16.2.